The third kappa shape index (κ3) is 2.26. The van der Waals surface area contributed by atoms with Crippen molar-refractivity contribution >= 4 is 11.5 Å². The van der Waals surface area contributed by atoms with Gasteiger partial charge in [0.2, 0.25) is 0 Å². The molecule has 0 radical (unpaired) electrons. The lowest BCUT2D eigenvalue weighted by Gasteiger charge is -2.26. The predicted octanol–water partition coefficient (Wildman–Crippen LogP) is 4.51. The van der Waals surface area contributed by atoms with Gasteiger partial charge in [0, 0.05) is 5.57 Å². The quantitative estimate of drug-likeness (QED) is 0.871. The van der Waals surface area contributed by atoms with Crippen LogP contribution in [-0.2, 0) is 11.2 Å². The minimum absolute atomic E-state index is 0.126. The molecule has 1 N–H and O–H groups in total. The fourth-order valence-electron chi connectivity index (χ4n) is 4.37. The first-order valence-corrected chi connectivity index (χ1v) is 9.13. The van der Waals surface area contributed by atoms with Crippen LogP contribution >= 0.6 is 0 Å². The zero-order chi connectivity index (χ0) is 16.4. The Morgan fingerprint density at radius 3 is 2.43 bits per heavy atom. The molecule has 0 bridgehead atoms. The summed E-state index contributed by atoms with van der Waals surface area (Å²) in [5, 5.41) is 3.31. The second kappa shape index (κ2) is 4.96. The molecule has 2 fully saturated rings. The molecule has 0 spiro atoms. The third-order valence-electron chi connectivity index (χ3n) is 6.27. The Balaban J connectivity index is 1.86. The van der Waals surface area contributed by atoms with Gasteiger partial charge in [-0.2, -0.15) is 0 Å². The maximum absolute atomic E-state index is 12.8. The van der Waals surface area contributed by atoms with Gasteiger partial charge in [-0.3, -0.25) is 4.79 Å². The van der Waals surface area contributed by atoms with Gasteiger partial charge in [-0.15, -0.1) is 0 Å². The van der Waals surface area contributed by atoms with Crippen LogP contribution in [0.2, 0.25) is 0 Å². The van der Waals surface area contributed by atoms with Crippen molar-refractivity contribution in [3.8, 4) is 0 Å². The van der Waals surface area contributed by atoms with Crippen molar-refractivity contribution in [1.29, 1.82) is 0 Å². The molecule has 1 heterocycles. The van der Waals surface area contributed by atoms with E-state index < -0.39 is 0 Å². The first-order valence-electron chi connectivity index (χ1n) is 9.13. The summed E-state index contributed by atoms with van der Waals surface area (Å²) in [5.74, 6) is 1.52. The van der Waals surface area contributed by atoms with E-state index in [4.69, 9.17) is 0 Å². The lowest BCUT2D eigenvalue weighted by molar-refractivity contribution is -0.116. The zero-order valence-corrected chi connectivity index (χ0v) is 14.8. The molecule has 23 heavy (non-hydrogen) atoms. The summed E-state index contributed by atoms with van der Waals surface area (Å²) in [6.45, 7) is 8.77. The molecule has 1 amide bonds. The van der Waals surface area contributed by atoms with Crippen molar-refractivity contribution in [2.24, 2.45) is 5.92 Å². The summed E-state index contributed by atoms with van der Waals surface area (Å²) in [6, 6.07) is 4.69. The van der Waals surface area contributed by atoms with Crippen molar-refractivity contribution in [2.45, 2.75) is 71.3 Å². The fraction of sp³-hybridized carbons (Fsp3) is 0.571. The van der Waals surface area contributed by atoms with E-state index in [2.05, 4.69) is 45.1 Å². The standard InChI is InChI=1S/C21H27NO/c1-5-14-11-16(15-6-7-15)10-12(2)18(14)19-13(3)21(4,17-8-9-17)22-20(19)23/h10-11,15,17H,5-9H2,1-4H3,(H,22,23). The number of benzene rings is 1. The van der Waals surface area contributed by atoms with Gasteiger partial charge in [-0.25, -0.2) is 0 Å². The van der Waals surface area contributed by atoms with Gasteiger partial charge in [0.15, 0.2) is 0 Å². The molecule has 1 aliphatic heterocycles. The van der Waals surface area contributed by atoms with Crippen molar-refractivity contribution in [2.75, 3.05) is 0 Å². The Labute approximate surface area is 139 Å². The Kier molecular flexibility index (Phi) is 3.23. The Hall–Kier alpha value is -1.57. The van der Waals surface area contributed by atoms with E-state index in [-0.39, 0.29) is 11.4 Å². The van der Waals surface area contributed by atoms with E-state index in [1.54, 1.807) is 0 Å². The average Bonchev–Trinajstić information content (AvgIpc) is 3.39. The molecule has 2 nitrogen and oxygen atoms in total. The molecule has 1 unspecified atom stereocenters. The highest BCUT2D eigenvalue weighted by molar-refractivity contribution is 6.24. The van der Waals surface area contributed by atoms with E-state index in [0.717, 1.165) is 17.9 Å². The van der Waals surface area contributed by atoms with Gasteiger partial charge >= 0.3 is 0 Å². The molecule has 1 aromatic rings. The van der Waals surface area contributed by atoms with Crippen molar-refractivity contribution in [3.63, 3.8) is 0 Å². The van der Waals surface area contributed by atoms with E-state index in [0.29, 0.717) is 5.92 Å². The molecule has 122 valence electrons. The summed E-state index contributed by atoms with van der Waals surface area (Å²) in [7, 11) is 0. The summed E-state index contributed by atoms with van der Waals surface area (Å²) in [6.07, 6.45) is 6.11. The summed E-state index contributed by atoms with van der Waals surface area (Å²) < 4.78 is 0. The molecule has 2 saturated carbocycles. The molecule has 2 heteroatoms. The molecule has 0 saturated heterocycles. The van der Waals surface area contributed by atoms with Gasteiger partial charge in [0.05, 0.1) is 5.54 Å². The summed E-state index contributed by atoms with van der Waals surface area (Å²) >= 11 is 0. The number of carbonyl (C=O) groups is 1. The largest absolute Gasteiger partial charge is 0.343 e. The fourth-order valence-corrected chi connectivity index (χ4v) is 4.37. The molecule has 4 rings (SSSR count). The monoisotopic (exact) mass is 309 g/mol. The Morgan fingerprint density at radius 1 is 1.17 bits per heavy atom. The van der Waals surface area contributed by atoms with Crippen molar-refractivity contribution in [3.05, 3.63) is 40.0 Å². The maximum atomic E-state index is 12.8. The smallest absolute Gasteiger partial charge is 0.252 e. The minimum Gasteiger partial charge on any atom is -0.343 e. The molecular formula is C21H27NO. The minimum atomic E-state index is -0.126. The molecule has 0 aromatic heterocycles. The molecule has 1 aromatic carbocycles. The van der Waals surface area contributed by atoms with Crippen LogP contribution in [0.4, 0.5) is 0 Å². The number of hydrogen-bond donors (Lipinski definition) is 1. The highest BCUT2D eigenvalue weighted by Gasteiger charge is 2.49. The summed E-state index contributed by atoms with van der Waals surface area (Å²) in [4.78, 5) is 12.8. The lowest BCUT2D eigenvalue weighted by atomic mass is 9.83. The zero-order valence-electron chi connectivity index (χ0n) is 14.8. The van der Waals surface area contributed by atoms with Crippen LogP contribution in [0.5, 0.6) is 0 Å². The number of hydrogen-bond acceptors (Lipinski definition) is 1. The van der Waals surface area contributed by atoms with Crippen molar-refractivity contribution < 1.29 is 4.79 Å². The Morgan fingerprint density at radius 2 is 1.87 bits per heavy atom. The molecule has 2 aliphatic carbocycles. The lowest BCUT2D eigenvalue weighted by Crippen LogP contribution is -2.43. The second-order valence-corrected chi connectivity index (χ2v) is 7.93. The number of nitrogens with one attached hydrogen (secondary N) is 1. The van der Waals surface area contributed by atoms with Gasteiger partial charge in [-0.05, 0) is 92.5 Å². The number of aryl methyl sites for hydroxylation is 2. The Bertz CT molecular complexity index is 722. The second-order valence-electron chi connectivity index (χ2n) is 7.93. The van der Waals surface area contributed by atoms with Crippen molar-refractivity contribution in [1.82, 2.24) is 5.32 Å². The first-order chi connectivity index (χ1) is 11.0. The summed E-state index contributed by atoms with van der Waals surface area (Å²) in [5.41, 5.74) is 7.38. The van der Waals surface area contributed by atoms with Crippen LogP contribution < -0.4 is 5.32 Å². The topological polar surface area (TPSA) is 29.1 Å². The highest BCUT2D eigenvalue weighted by atomic mass is 16.2. The number of rotatable bonds is 4. The van der Waals surface area contributed by atoms with Gasteiger partial charge in [0.1, 0.15) is 0 Å². The van der Waals surface area contributed by atoms with Crippen LogP contribution in [0.25, 0.3) is 5.57 Å². The number of amides is 1. The van der Waals surface area contributed by atoms with E-state index in [1.165, 1.54) is 53.5 Å². The van der Waals surface area contributed by atoms with Crippen LogP contribution in [0.15, 0.2) is 17.7 Å². The van der Waals surface area contributed by atoms with Crippen LogP contribution in [0, 0.1) is 12.8 Å². The molecular weight excluding hydrogens is 282 g/mol. The SMILES string of the molecule is CCc1cc(C2CC2)cc(C)c1C1=C(C)C(C)(C2CC2)NC1=O. The van der Waals surface area contributed by atoms with Crippen LogP contribution in [0.3, 0.4) is 0 Å². The molecule has 1 atom stereocenters. The number of carbonyl (C=O) groups excluding carboxylic acids is 1. The van der Waals surface area contributed by atoms with Crippen LogP contribution in [0.1, 0.15) is 74.6 Å². The third-order valence-corrected chi connectivity index (χ3v) is 6.27. The van der Waals surface area contributed by atoms with Gasteiger partial charge in [-0.1, -0.05) is 19.1 Å². The van der Waals surface area contributed by atoms with E-state index in [9.17, 15) is 4.79 Å². The van der Waals surface area contributed by atoms with Gasteiger partial charge in [0.25, 0.3) is 5.91 Å². The average molecular weight is 309 g/mol. The first kappa shape index (κ1) is 15.0. The maximum Gasteiger partial charge on any atom is 0.252 e. The predicted molar refractivity (Wildman–Crippen MR) is 94.4 cm³/mol. The highest BCUT2D eigenvalue weighted by Crippen LogP contribution is 2.49. The molecule has 3 aliphatic rings. The van der Waals surface area contributed by atoms with Crippen LogP contribution in [-0.4, -0.2) is 11.4 Å². The van der Waals surface area contributed by atoms with E-state index in [1.807, 2.05) is 0 Å². The van der Waals surface area contributed by atoms with Gasteiger partial charge < -0.3 is 5.32 Å². The van der Waals surface area contributed by atoms with E-state index >= 15 is 0 Å². The normalized spacial score (nSPS) is 27.6.